The molecule has 1 saturated carbocycles. The van der Waals surface area contributed by atoms with Crippen LogP contribution < -0.4 is 5.32 Å². The van der Waals surface area contributed by atoms with Crippen LogP contribution >= 0.6 is 0 Å². The maximum Gasteiger partial charge on any atom is 0.201 e. The van der Waals surface area contributed by atoms with E-state index in [9.17, 15) is 4.39 Å². The summed E-state index contributed by atoms with van der Waals surface area (Å²) >= 11 is 0. The van der Waals surface area contributed by atoms with Crippen LogP contribution in [0.1, 0.15) is 42.4 Å². The van der Waals surface area contributed by atoms with Crippen molar-refractivity contribution in [1.29, 1.82) is 0 Å². The predicted molar refractivity (Wildman–Crippen MR) is 131 cm³/mol. The molecule has 3 aromatic rings. The van der Waals surface area contributed by atoms with E-state index in [2.05, 4.69) is 54.4 Å². The van der Waals surface area contributed by atoms with Crippen molar-refractivity contribution >= 4 is 11.3 Å². The average Bonchev–Trinajstić information content (AvgIpc) is 3.25. The zero-order chi connectivity index (χ0) is 23.1. The molecule has 3 aromatic carbocycles. The van der Waals surface area contributed by atoms with Gasteiger partial charge in [0.1, 0.15) is 11.9 Å². The Hall–Kier alpha value is -2.99. The molecule has 34 heavy (non-hydrogen) atoms. The molecule has 2 aliphatic carbocycles. The molecule has 4 nitrogen and oxygen atoms in total. The minimum atomic E-state index is -0.697. The van der Waals surface area contributed by atoms with Gasteiger partial charge < -0.3 is 10.1 Å². The molecular formula is C29H28FNO3. The average molecular weight is 458 g/mol. The summed E-state index contributed by atoms with van der Waals surface area (Å²) < 4.78 is 19.4. The lowest BCUT2D eigenvalue weighted by molar-refractivity contribution is -0.483. The highest BCUT2D eigenvalue weighted by Gasteiger charge is 2.43. The van der Waals surface area contributed by atoms with E-state index in [1.165, 1.54) is 34.4 Å². The molecule has 3 aliphatic rings. The minimum absolute atomic E-state index is 0.226. The molecule has 1 unspecified atom stereocenters. The normalized spacial score (nSPS) is 25.6. The van der Waals surface area contributed by atoms with E-state index in [0.717, 1.165) is 48.9 Å². The topological polar surface area (TPSA) is 39.7 Å². The Balaban J connectivity index is 1.05. The number of fused-ring (bicyclic) bond motifs is 3. The van der Waals surface area contributed by atoms with Crippen molar-refractivity contribution < 1.29 is 18.9 Å². The Bertz CT molecular complexity index is 1200. The Kier molecular flexibility index (Phi) is 5.48. The first kappa shape index (κ1) is 21.5. The second kappa shape index (κ2) is 8.66. The van der Waals surface area contributed by atoms with Crippen molar-refractivity contribution in [3.05, 3.63) is 95.8 Å². The first-order valence-corrected chi connectivity index (χ1v) is 12.0. The minimum Gasteiger partial charge on any atom is -0.382 e. The van der Waals surface area contributed by atoms with Gasteiger partial charge in [-0.05, 0) is 76.9 Å². The third-order valence-corrected chi connectivity index (χ3v) is 7.33. The number of nitrogens with one attached hydrogen (secondary N) is 1. The molecule has 2 fully saturated rings. The molecule has 1 spiro atoms. The van der Waals surface area contributed by atoms with Crippen LogP contribution in [0.2, 0.25) is 0 Å². The number of benzene rings is 3. The highest BCUT2D eigenvalue weighted by atomic mass is 19.1. The van der Waals surface area contributed by atoms with Crippen LogP contribution in [0.15, 0.2) is 73.3 Å². The Morgan fingerprint density at radius 3 is 2.47 bits per heavy atom. The Morgan fingerprint density at radius 2 is 1.71 bits per heavy atom. The number of halogens is 1. The molecule has 0 radical (unpaired) electrons. The van der Waals surface area contributed by atoms with Crippen molar-refractivity contribution in [2.75, 3.05) is 11.9 Å². The van der Waals surface area contributed by atoms with Crippen molar-refractivity contribution in [1.82, 2.24) is 0 Å². The molecule has 1 aliphatic heterocycles. The lowest BCUT2D eigenvalue weighted by atomic mass is 9.89. The van der Waals surface area contributed by atoms with Crippen molar-refractivity contribution in [3.8, 4) is 11.1 Å². The van der Waals surface area contributed by atoms with Gasteiger partial charge in [-0.2, -0.15) is 0 Å². The Labute approximate surface area is 199 Å². The fourth-order valence-corrected chi connectivity index (χ4v) is 5.33. The number of anilines is 1. The fourth-order valence-electron chi connectivity index (χ4n) is 5.33. The van der Waals surface area contributed by atoms with Crippen LogP contribution in [0, 0.1) is 5.82 Å². The van der Waals surface area contributed by atoms with Crippen LogP contribution in [0.4, 0.5) is 10.1 Å². The summed E-state index contributed by atoms with van der Waals surface area (Å²) in [6.07, 6.45) is 3.86. The maximum absolute atomic E-state index is 13.1. The molecular weight excluding hydrogens is 429 g/mol. The molecule has 0 bridgehead atoms. The van der Waals surface area contributed by atoms with E-state index in [1.807, 2.05) is 0 Å². The van der Waals surface area contributed by atoms with E-state index in [1.54, 1.807) is 12.1 Å². The maximum atomic E-state index is 13.1. The first-order chi connectivity index (χ1) is 16.6. The number of hydrogen-bond donors (Lipinski definition) is 1. The van der Waals surface area contributed by atoms with Gasteiger partial charge in [0.2, 0.25) is 5.79 Å². The quantitative estimate of drug-likeness (QED) is 0.355. The standard InChI is InChI=1S/C29H28FNO3/c1-19(20-6-11-27-22(16-20)17-21-4-2-3-5-26(21)27)28-18-32-29(34-33-28)14-12-25(13-15-29)31-24-9-7-23(30)8-10-24/h2-11,16,25,28,31H,1,12-15,17-18H2. The van der Waals surface area contributed by atoms with Gasteiger partial charge in [-0.15, -0.1) is 0 Å². The van der Waals surface area contributed by atoms with E-state index < -0.39 is 5.79 Å². The van der Waals surface area contributed by atoms with Crippen LogP contribution in [-0.4, -0.2) is 24.5 Å². The second-order valence-electron chi connectivity index (χ2n) is 9.55. The molecule has 6 rings (SSSR count). The van der Waals surface area contributed by atoms with Crippen LogP contribution in [0.5, 0.6) is 0 Å². The van der Waals surface area contributed by atoms with Crippen molar-refractivity contribution in [2.45, 2.75) is 50.0 Å². The lowest BCUT2D eigenvalue weighted by Gasteiger charge is -2.43. The predicted octanol–water partition coefficient (Wildman–Crippen LogP) is 6.51. The fraction of sp³-hybridized carbons (Fsp3) is 0.310. The Morgan fingerprint density at radius 1 is 0.941 bits per heavy atom. The van der Waals surface area contributed by atoms with Crippen LogP contribution in [-0.2, 0) is 20.9 Å². The summed E-state index contributed by atoms with van der Waals surface area (Å²) in [7, 11) is 0. The van der Waals surface area contributed by atoms with Gasteiger partial charge >= 0.3 is 0 Å². The summed E-state index contributed by atoms with van der Waals surface area (Å²) in [5.74, 6) is -0.924. The second-order valence-corrected chi connectivity index (χ2v) is 9.55. The zero-order valence-corrected chi connectivity index (χ0v) is 19.1. The van der Waals surface area contributed by atoms with Crippen LogP contribution in [0.3, 0.4) is 0 Å². The first-order valence-electron chi connectivity index (χ1n) is 12.0. The highest BCUT2D eigenvalue weighted by molar-refractivity contribution is 5.79. The molecule has 1 saturated heterocycles. The van der Waals surface area contributed by atoms with Gasteiger partial charge in [-0.25, -0.2) is 14.2 Å². The number of rotatable bonds is 4. The van der Waals surface area contributed by atoms with Gasteiger partial charge in [0.15, 0.2) is 0 Å². The van der Waals surface area contributed by atoms with Crippen molar-refractivity contribution in [2.24, 2.45) is 0 Å². The van der Waals surface area contributed by atoms with Gasteiger partial charge in [-0.3, -0.25) is 0 Å². The zero-order valence-electron chi connectivity index (χ0n) is 19.1. The van der Waals surface area contributed by atoms with Gasteiger partial charge in [0.25, 0.3) is 0 Å². The lowest BCUT2D eigenvalue weighted by Crippen LogP contribution is -2.49. The highest BCUT2D eigenvalue weighted by Crippen LogP contribution is 2.41. The van der Waals surface area contributed by atoms with E-state index in [0.29, 0.717) is 12.6 Å². The van der Waals surface area contributed by atoms with Crippen LogP contribution in [0.25, 0.3) is 16.7 Å². The molecule has 0 amide bonds. The summed E-state index contributed by atoms with van der Waals surface area (Å²) in [6.45, 7) is 4.72. The largest absolute Gasteiger partial charge is 0.382 e. The molecule has 1 heterocycles. The number of ether oxygens (including phenoxy) is 1. The molecule has 174 valence electrons. The third kappa shape index (κ3) is 4.05. The number of hydrogen-bond acceptors (Lipinski definition) is 4. The summed E-state index contributed by atoms with van der Waals surface area (Å²) in [6, 6.07) is 21.9. The van der Waals surface area contributed by atoms with E-state index >= 15 is 0 Å². The molecule has 1 N–H and O–H groups in total. The molecule has 0 aromatic heterocycles. The van der Waals surface area contributed by atoms with Crippen molar-refractivity contribution in [3.63, 3.8) is 0 Å². The summed E-state index contributed by atoms with van der Waals surface area (Å²) in [5, 5.41) is 3.47. The molecule has 5 heteroatoms. The SMILES string of the molecule is C=C(c1ccc2c(c1)Cc1ccccc1-2)C1COC2(CCC(Nc3ccc(F)cc3)CC2)OO1. The van der Waals surface area contributed by atoms with Gasteiger partial charge in [0.05, 0.1) is 6.61 Å². The summed E-state index contributed by atoms with van der Waals surface area (Å²) in [4.78, 5) is 11.7. The summed E-state index contributed by atoms with van der Waals surface area (Å²) in [5.41, 5.74) is 8.18. The molecule has 1 atom stereocenters. The monoisotopic (exact) mass is 457 g/mol. The third-order valence-electron chi connectivity index (χ3n) is 7.33. The van der Waals surface area contributed by atoms with Gasteiger partial charge in [0, 0.05) is 24.6 Å². The van der Waals surface area contributed by atoms with E-state index in [-0.39, 0.29) is 11.9 Å². The van der Waals surface area contributed by atoms with E-state index in [4.69, 9.17) is 14.5 Å². The smallest absolute Gasteiger partial charge is 0.201 e. The van der Waals surface area contributed by atoms with Gasteiger partial charge in [-0.1, -0.05) is 49.0 Å².